The molecule has 0 aromatic heterocycles. The Morgan fingerprint density at radius 2 is 1.88 bits per heavy atom. The average molecular weight is 485 g/mol. The molecule has 0 unspecified atom stereocenters. The zero-order chi connectivity index (χ0) is 24.9. The van der Waals surface area contributed by atoms with Crippen LogP contribution in [0.2, 0.25) is 0 Å². The van der Waals surface area contributed by atoms with E-state index in [4.69, 9.17) is 4.74 Å². The molecule has 0 saturated heterocycles. The van der Waals surface area contributed by atoms with E-state index in [9.17, 15) is 18.3 Å². The molecular weight excluding hydrogens is 452 g/mol. The van der Waals surface area contributed by atoms with E-state index in [1.807, 2.05) is 37.3 Å². The fourth-order valence-corrected chi connectivity index (χ4v) is 5.65. The molecule has 0 saturated carbocycles. The lowest BCUT2D eigenvalue weighted by Gasteiger charge is -2.37. The summed E-state index contributed by atoms with van der Waals surface area (Å²) < 4.78 is 34.7. The first-order valence-corrected chi connectivity index (χ1v) is 12.9. The standard InChI is InChI=1S/C26H32N2O5S/c1-5-26(30)27(4)17-24-19(2)16-28(20(3)18-29)34(31,32)25-14-13-22(15-23(25)33-24)12-11-21-9-7-6-8-10-21/h6-10,13-15,19-20,24,29H,5,16-18H2,1-4H3/t19-,20+,24+/m0/s1. The Morgan fingerprint density at radius 1 is 1.21 bits per heavy atom. The number of ether oxygens (including phenoxy) is 1. The van der Waals surface area contributed by atoms with Gasteiger partial charge >= 0.3 is 0 Å². The quantitative estimate of drug-likeness (QED) is 0.660. The lowest BCUT2D eigenvalue weighted by atomic mass is 10.0. The topological polar surface area (TPSA) is 87.2 Å². The van der Waals surface area contributed by atoms with Crippen molar-refractivity contribution in [1.29, 1.82) is 0 Å². The molecule has 2 aromatic rings. The van der Waals surface area contributed by atoms with Gasteiger partial charge < -0.3 is 14.7 Å². The minimum atomic E-state index is -3.92. The lowest BCUT2D eigenvalue weighted by molar-refractivity contribution is -0.131. The van der Waals surface area contributed by atoms with Gasteiger partial charge in [-0.1, -0.05) is 43.9 Å². The van der Waals surface area contributed by atoms with Crippen LogP contribution in [0.1, 0.15) is 38.3 Å². The maximum absolute atomic E-state index is 13.5. The van der Waals surface area contributed by atoms with E-state index in [-0.39, 0.29) is 35.6 Å². The number of hydrogen-bond acceptors (Lipinski definition) is 5. The van der Waals surface area contributed by atoms with Gasteiger partial charge in [-0.3, -0.25) is 4.79 Å². The molecule has 0 radical (unpaired) electrons. The largest absolute Gasteiger partial charge is 0.487 e. The molecule has 1 aliphatic rings. The summed E-state index contributed by atoms with van der Waals surface area (Å²) in [4.78, 5) is 13.8. The van der Waals surface area contributed by atoms with E-state index in [1.165, 1.54) is 10.4 Å². The predicted molar refractivity (Wildman–Crippen MR) is 131 cm³/mol. The van der Waals surface area contributed by atoms with Crippen LogP contribution >= 0.6 is 0 Å². The van der Waals surface area contributed by atoms with Crippen molar-refractivity contribution in [3.63, 3.8) is 0 Å². The van der Waals surface area contributed by atoms with Crippen LogP contribution in [0.25, 0.3) is 0 Å². The van der Waals surface area contributed by atoms with Crippen LogP contribution in [0, 0.1) is 17.8 Å². The second-order valence-corrected chi connectivity index (χ2v) is 10.5. The summed E-state index contributed by atoms with van der Waals surface area (Å²) in [6.45, 7) is 5.54. The predicted octanol–water partition coefficient (Wildman–Crippen LogP) is 2.72. The number of hydrogen-bond donors (Lipinski definition) is 1. The number of aliphatic hydroxyl groups is 1. The first kappa shape index (κ1) is 25.8. The molecule has 0 fully saturated rings. The van der Waals surface area contributed by atoms with E-state index < -0.39 is 22.2 Å². The smallest absolute Gasteiger partial charge is 0.247 e. The zero-order valence-electron chi connectivity index (χ0n) is 20.1. The SMILES string of the molecule is CCC(=O)N(C)C[C@H]1Oc2cc(C#Cc3ccccc3)ccc2S(=O)(=O)N([C@H](C)CO)C[C@@H]1C. The Balaban J connectivity index is 2.06. The van der Waals surface area contributed by atoms with Crippen molar-refractivity contribution >= 4 is 15.9 Å². The molecule has 182 valence electrons. The summed E-state index contributed by atoms with van der Waals surface area (Å²) in [7, 11) is -2.21. The Morgan fingerprint density at radius 3 is 2.53 bits per heavy atom. The van der Waals surface area contributed by atoms with E-state index in [2.05, 4.69) is 11.8 Å². The first-order valence-electron chi connectivity index (χ1n) is 11.4. The number of nitrogens with zero attached hydrogens (tertiary/aromatic N) is 2. The summed E-state index contributed by atoms with van der Waals surface area (Å²) in [6.07, 6.45) is -0.0735. The molecule has 3 atom stereocenters. The maximum Gasteiger partial charge on any atom is 0.247 e. The molecular formula is C26H32N2O5S. The number of sulfonamides is 1. The highest BCUT2D eigenvalue weighted by molar-refractivity contribution is 7.89. The van der Waals surface area contributed by atoms with Crippen molar-refractivity contribution in [3.8, 4) is 17.6 Å². The van der Waals surface area contributed by atoms with E-state index in [0.717, 1.165) is 5.56 Å². The molecule has 0 spiro atoms. The van der Waals surface area contributed by atoms with Crippen molar-refractivity contribution in [2.45, 2.75) is 44.2 Å². The Bertz CT molecular complexity index is 1170. The number of rotatable bonds is 5. The Kier molecular flexibility index (Phi) is 8.37. The minimum absolute atomic E-state index is 0.0197. The number of carbonyl (C=O) groups excluding carboxylic acids is 1. The summed E-state index contributed by atoms with van der Waals surface area (Å²) in [6, 6.07) is 13.7. The van der Waals surface area contributed by atoms with Gasteiger partial charge in [0, 0.05) is 43.1 Å². The molecule has 8 heteroatoms. The van der Waals surface area contributed by atoms with Crippen LogP contribution in [0.4, 0.5) is 0 Å². The molecule has 3 rings (SSSR count). The van der Waals surface area contributed by atoms with E-state index in [0.29, 0.717) is 18.5 Å². The van der Waals surface area contributed by atoms with Crippen LogP contribution in [-0.4, -0.2) is 67.5 Å². The van der Waals surface area contributed by atoms with Crippen molar-refractivity contribution < 1.29 is 23.1 Å². The van der Waals surface area contributed by atoms with Gasteiger partial charge in [0.05, 0.1) is 13.2 Å². The zero-order valence-corrected chi connectivity index (χ0v) is 20.9. The Labute approximate surface area is 202 Å². The third-order valence-electron chi connectivity index (χ3n) is 5.97. The Hall–Kier alpha value is -2.86. The highest BCUT2D eigenvalue weighted by Crippen LogP contribution is 2.34. The monoisotopic (exact) mass is 484 g/mol. The highest BCUT2D eigenvalue weighted by atomic mass is 32.2. The van der Waals surface area contributed by atoms with Gasteiger partial charge in [-0.2, -0.15) is 4.31 Å². The highest BCUT2D eigenvalue weighted by Gasteiger charge is 2.38. The third-order valence-corrected chi connectivity index (χ3v) is 7.99. The van der Waals surface area contributed by atoms with Crippen molar-refractivity contribution in [2.75, 3.05) is 26.7 Å². The molecule has 0 aliphatic carbocycles. The van der Waals surface area contributed by atoms with Crippen molar-refractivity contribution in [1.82, 2.24) is 9.21 Å². The summed E-state index contributed by atoms with van der Waals surface area (Å²) in [5, 5.41) is 9.75. The molecule has 1 amide bonds. The fraction of sp³-hybridized carbons (Fsp3) is 0.423. The van der Waals surface area contributed by atoms with Crippen LogP contribution in [0.15, 0.2) is 53.4 Å². The van der Waals surface area contributed by atoms with Crippen LogP contribution in [-0.2, 0) is 14.8 Å². The second kappa shape index (κ2) is 11.0. The van der Waals surface area contributed by atoms with Gasteiger partial charge in [0.2, 0.25) is 15.9 Å². The van der Waals surface area contributed by atoms with Gasteiger partial charge in [-0.05, 0) is 37.3 Å². The van der Waals surface area contributed by atoms with E-state index in [1.54, 1.807) is 37.9 Å². The minimum Gasteiger partial charge on any atom is -0.487 e. The van der Waals surface area contributed by atoms with Crippen LogP contribution in [0.5, 0.6) is 5.75 Å². The first-order chi connectivity index (χ1) is 16.2. The molecule has 0 bridgehead atoms. The normalized spacial score (nSPS) is 20.5. The number of carbonyl (C=O) groups is 1. The number of benzene rings is 2. The molecule has 2 aromatic carbocycles. The molecule has 1 heterocycles. The number of aliphatic hydroxyl groups excluding tert-OH is 1. The molecule has 7 nitrogen and oxygen atoms in total. The average Bonchev–Trinajstić information content (AvgIpc) is 2.84. The van der Waals surface area contributed by atoms with Gasteiger partial charge in [0.1, 0.15) is 16.7 Å². The van der Waals surface area contributed by atoms with Gasteiger partial charge in [0.25, 0.3) is 0 Å². The summed E-state index contributed by atoms with van der Waals surface area (Å²) in [5.41, 5.74) is 1.46. The van der Waals surface area contributed by atoms with Gasteiger partial charge in [-0.15, -0.1) is 0 Å². The second-order valence-electron chi connectivity index (χ2n) is 8.65. The maximum atomic E-state index is 13.5. The lowest BCUT2D eigenvalue weighted by Crippen LogP contribution is -2.50. The number of amides is 1. The number of fused-ring (bicyclic) bond motifs is 1. The van der Waals surface area contributed by atoms with Crippen LogP contribution in [0.3, 0.4) is 0 Å². The molecule has 34 heavy (non-hydrogen) atoms. The van der Waals surface area contributed by atoms with Crippen LogP contribution < -0.4 is 4.74 Å². The fourth-order valence-electron chi connectivity index (χ4n) is 3.83. The van der Waals surface area contributed by atoms with E-state index >= 15 is 0 Å². The summed E-state index contributed by atoms with van der Waals surface area (Å²) in [5.74, 6) is 6.09. The van der Waals surface area contributed by atoms with Gasteiger partial charge in [0.15, 0.2) is 0 Å². The third kappa shape index (κ3) is 5.79. The van der Waals surface area contributed by atoms with Gasteiger partial charge in [-0.25, -0.2) is 8.42 Å². The van der Waals surface area contributed by atoms with Crippen molar-refractivity contribution in [2.24, 2.45) is 5.92 Å². The molecule has 1 N–H and O–H groups in total. The number of likely N-dealkylation sites (N-methyl/N-ethyl adjacent to an activating group) is 1. The van der Waals surface area contributed by atoms with Crippen molar-refractivity contribution in [3.05, 3.63) is 59.7 Å². The molecule has 1 aliphatic heterocycles. The summed E-state index contributed by atoms with van der Waals surface area (Å²) >= 11 is 0.